The monoisotopic (exact) mass is 351 g/mol. The quantitative estimate of drug-likeness (QED) is 0.730. The van der Waals surface area contributed by atoms with Crippen LogP contribution >= 0.6 is 15.9 Å². The zero-order chi connectivity index (χ0) is 14.3. The first kappa shape index (κ1) is 16.6. The molecule has 0 saturated heterocycles. The molecule has 0 fully saturated rings. The molecule has 0 bridgehead atoms. The minimum Gasteiger partial charge on any atom is -0.211 e. The van der Waals surface area contributed by atoms with Crippen molar-refractivity contribution in [3.63, 3.8) is 0 Å². The molecule has 0 saturated carbocycles. The molecule has 0 radical (unpaired) electrons. The van der Waals surface area contributed by atoms with Crippen molar-refractivity contribution in [1.82, 2.24) is 4.72 Å². The molecule has 19 heavy (non-hydrogen) atoms. The Balaban J connectivity index is 2.69. The molecular weight excluding hydrogens is 333 g/mol. The van der Waals surface area contributed by atoms with Gasteiger partial charge in [-0.15, -0.1) is 0 Å². The first-order valence-corrected chi connectivity index (χ1v) is 8.91. The van der Waals surface area contributed by atoms with Crippen LogP contribution in [-0.2, 0) is 10.0 Å². The normalized spacial score (nSPS) is 13.4. The van der Waals surface area contributed by atoms with Gasteiger partial charge in [0, 0.05) is 11.9 Å². The van der Waals surface area contributed by atoms with Crippen LogP contribution in [0.4, 0.5) is 4.39 Å². The van der Waals surface area contributed by atoms with Crippen molar-refractivity contribution in [2.75, 3.05) is 11.9 Å². The van der Waals surface area contributed by atoms with Gasteiger partial charge in [-0.25, -0.2) is 17.5 Å². The third kappa shape index (κ3) is 5.58. The van der Waals surface area contributed by atoms with Crippen LogP contribution in [-0.4, -0.2) is 20.3 Å². The molecule has 0 spiro atoms. The van der Waals surface area contributed by atoms with Crippen molar-refractivity contribution < 1.29 is 12.8 Å². The zero-order valence-electron chi connectivity index (χ0n) is 10.9. The number of alkyl halides is 1. The Morgan fingerprint density at radius 3 is 2.68 bits per heavy atom. The fourth-order valence-electron chi connectivity index (χ4n) is 1.86. The fraction of sp³-hybridized carbons (Fsp3) is 0.538. The maximum absolute atomic E-state index is 13.0. The predicted octanol–water partition coefficient (Wildman–Crippen LogP) is 3.31. The van der Waals surface area contributed by atoms with E-state index >= 15 is 0 Å². The maximum atomic E-state index is 13.0. The molecule has 0 aromatic heterocycles. The Morgan fingerprint density at radius 1 is 1.37 bits per heavy atom. The first-order valence-electron chi connectivity index (χ1n) is 6.30. The van der Waals surface area contributed by atoms with Crippen LogP contribution in [0.5, 0.6) is 0 Å². The van der Waals surface area contributed by atoms with Gasteiger partial charge < -0.3 is 0 Å². The van der Waals surface area contributed by atoms with E-state index in [2.05, 4.69) is 27.6 Å². The topological polar surface area (TPSA) is 46.2 Å². The summed E-state index contributed by atoms with van der Waals surface area (Å²) in [5.74, 6) is -0.249. The predicted molar refractivity (Wildman–Crippen MR) is 78.4 cm³/mol. The standard InChI is InChI=1S/C13H19BrFNO2S/c1-2-4-11(7-8-14)10-16-19(17,18)13-6-3-5-12(15)9-13/h3,5-6,9,11,16H,2,4,7-8,10H2,1H3. The zero-order valence-corrected chi connectivity index (χ0v) is 13.3. The molecule has 1 N–H and O–H groups in total. The second-order valence-electron chi connectivity index (χ2n) is 4.44. The average Bonchev–Trinajstić information content (AvgIpc) is 2.37. The Morgan fingerprint density at radius 2 is 2.11 bits per heavy atom. The number of hydrogen-bond donors (Lipinski definition) is 1. The van der Waals surface area contributed by atoms with Gasteiger partial charge in [-0.2, -0.15) is 0 Å². The first-order chi connectivity index (χ1) is 8.99. The van der Waals surface area contributed by atoms with E-state index in [1.807, 2.05) is 0 Å². The van der Waals surface area contributed by atoms with Crippen LogP contribution < -0.4 is 4.72 Å². The lowest BCUT2D eigenvalue weighted by atomic mass is 10.0. The number of rotatable bonds is 8. The summed E-state index contributed by atoms with van der Waals surface area (Å²) in [6.45, 7) is 2.46. The van der Waals surface area contributed by atoms with Gasteiger partial charge in [-0.1, -0.05) is 35.3 Å². The van der Waals surface area contributed by atoms with Crippen molar-refractivity contribution >= 4 is 26.0 Å². The molecule has 1 rings (SSSR count). The largest absolute Gasteiger partial charge is 0.240 e. The molecule has 0 aliphatic carbocycles. The van der Waals surface area contributed by atoms with Gasteiger partial charge >= 0.3 is 0 Å². The van der Waals surface area contributed by atoms with E-state index in [1.54, 1.807) is 0 Å². The van der Waals surface area contributed by atoms with Crippen LogP contribution in [0.1, 0.15) is 26.2 Å². The minimum absolute atomic E-state index is 0.0263. The highest BCUT2D eigenvalue weighted by Crippen LogP contribution is 2.14. The van der Waals surface area contributed by atoms with Gasteiger partial charge in [0.1, 0.15) is 5.82 Å². The molecule has 1 unspecified atom stereocenters. The van der Waals surface area contributed by atoms with Crippen LogP contribution in [0.3, 0.4) is 0 Å². The summed E-state index contributed by atoms with van der Waals surface area (Å²) in [6, 6.07) is 5.04. The molecule has 0 heterocycles. The highest BCUT2D eigenvalue weighted by atomic mass is 79.9. The lowest BCUT2D eigenvalue weighted by Crippen LogP contribution is -2.29. The van der Waals surface area contributed by atoms with E-state index in [9.17, 15) is 12.8 Å². The van der Waals surface area contributed by atoms with E-state index in [0.717, 1.165) is 30.7 Å². The van der Waals surface area contributed by atoms with Crippen LogP contribution in [0.25, 0.3) is 0 Å². The summed E-state index contributed by atoms with van der Waals surface area (Å²) in [4.78, 5) is -0.0263. The average molecular weight is 352 g/mol. The summed E-state index contributed by atoms with van der Waals surface area (Å²) < 4.78 is 39.6. The van der Waals surface area contributed by atoms with E-state index in [4.69, 9.17) is 0 Å². The lowest BCUT2D eigenvalue weighted by molar-refractivity contribution is 0.459. The Bertz CT molecular complexity index is 487. The van der Waals surface area contributed by atoms with E-state index in [1.165, 1.54) is 18.2 Å². The molecule has 1 aromatic rings. The van der Waals surface area contributed by atoms with Crippen molar-refractivity contribution in [1.29, 1.82) is 0 Å². The molecule has 1 aromatic carbocycles. The van der Waals surface area contributed by atoms with Crippen molar-refractivity contribution in [2.45, 2.75) is 31.1 Å². The summed E-state index contributed by atoms with van der Waals surface area (Å²) >= 11 is 3.37. The summed E-state index contributed by atoms with van der Waals surface area (Å²) in [7, 11) is -3.62. The van der Waals surface area contributed by atoms with Crippen LogP contribution in [0, 0.1) is 11.7 Å². The second-order valence-corrected chi connectivity index (χ2v) is 7.00. The number of nitrogens with one attached hydrogen (secondary N) is 1. The van der Waals surface area contributed by atoms with Crippen LogP contribution in [0.2, 0.25) is 0 Å². The Labute approximate surface area is 122 Å². The van der Waals surface area contributed by atoms with Gasteiger partial charge in [0.25, 0.3) is 0 Å². The molecule has 0 amide bonds. The summed E-state index contributed by atoms with van der Waals surface area (Å²) in [5, 5.41) is 0.847. The number of sulfonamides is 1. The van der Waals surface area contributed by atoms with Crippen LogP contribution in [0.15, 0.2) is 29.2 Å². The fourth-order valence-corrected chi connectivity index (χ4v) is 3.65. The molecule has 0 aliphatic heterocycles. The molecule has 3 nitrogen and oxygen atoms in total. The Kier molecular flexibility index (Phi) is 6.96. The summed E-state index contributed by atoms with van der Waals surface area (Å²) in [6.07, 6.45) is 2.90. The smallest absolute Gasteiger partial charge is 0.211 e. The highest BCUT2D eigenvalue weighted by Gasteiger charge is 2.16. The number of benzene rings is 1. The van der Waals surface area contributed by atoms with Crippen molar-refractivity contribution in [3.8, 4) is 0 Å². The molecule has 108 valence electrons. The highest BCUT2D eigenvalue weighted by molar-refractivity contribution is 9.09. The van der Waals surface area contributed by atoms with Gasteiger partial charge in [-0.05, 0) is 37.0 Å². The molecule has 1 atom stereocenters. The summed E-state index contributed by atoms with van der Waals surface area (Å²) in [5.41, 5.74) is 0. The van der Waals surface area contributed by atoms with E-state index in [0.29, 0.717) is 12.5 Å². The molecule has 6 heteroatoms. The second kappa shape index (κ2) is 7.97. The Hall–Kier alpha value is -0.460. The van der Waals surface area contributed by atoms with Gasteiger partial charge in [0.2, 0.25) is 10.0 Å². The van der Waals surface area contributed by atoms with Gasteiger partial charge in [0.05, 0.1) is 4.90 Å². The lowest BCUT2D eigenvalue weighted by Gasteiger charge is -2.15. The molecular formula is C13H19BrFNO2S. The molecule has 0 aliphatic rings. The van der Waals surface area contributed by atoms with Gasteiger partial charge in [0.15, 0.2) is 0 Å². The third-order valence-corrected chi connectivity index (χ3v) is 4.76. The minimum atomic E-state index is -3.62. The number of halogens is 2. The van der Waals surface area contributed by atoms with E-state index in [-0.39, 0.29) is 4.90 Å². The number of hydrogen-bond acceptors (Lipinski definition) is 2. The van der Waals surface area contributed by atoms with Gasteiger partial charge in [-0.3, -0.25) is 0 Å². The van der Waals surface area contributed by atoms with Crippen molar-refractivity contribution in [3.05, 3.63) is 30.1 Å². The SMILES string of the molecule is CCCC(CCBr)CNS(=O)(=O)c1cccc(F)c1. The van der Waals surface area contributed by atoms with Crippen molar-refractivity contribution in [2.24, 2.45) is 5.92 Å². The third-order valence-electron chi connectivity index (χ3n) is 2.88. The van der Waals surface area contributed by atoms with E-state index < -0.39 is 15.8 Å². The maximum Gasteiger partial charge on any atom is 0.240 e.